The highest BCUT2D eigenvalue weighted by atomic mass is 16.5. The average molecular weight is 422 g/mol. The third-order valence-corrected chi connectivity index (χ3v) is 5.26. The van der Waals surface area contributed by atoms with E-state index in [0.717, 1.165) is 22.9 Å². The molecule has 0 bridgehead atoms. The van der Waals surface area contributed by atoms with Gasteiger partial charge in [-0.2, -0.15) is 0 Å². The summed E-state index contributed by atoms with van der Waals surface area (Å²) in [4.78, 5) is 28.0. The summed E-state index contributed by atoms with van der Waals surface area (Å²) >= 11 is 0. The molecule has 1 aliphatic heterocycles. The second-order valence-electron chi connectivity index (χ2n) is 7.87. The number of fused-ring (bicyclic) bond motifs is 2. The summed E-state index contributed by atoms with van der Waals surface area (Å²) in [7, 11) is 0. The number of carbonyl (C=O) groups excluding carboxylic acids is 2. The van der Waals surface area contributed by atoms with E-state index in [2.05, 4.69) is 10.3 Å². The van der Waals surface area contributed by atoms with Crippen LogP contribution in [0.5, 0.6) is 11.5 Å². The Balaban J connectivity index is 1.41. The number of amides is 1. The molecule has 1 aliphatic rings. The highest BCUT2D eigenvalue weighted by molar-refractivity contribution is 6.04. The molecule has 0 spiro atoms. The summed E-state index contributed by atoms with van der Waals surface area (Å²) in [5, 5.41) is 3.74. The molecule has 0 saturated carbocycles. The Kier molecular flexibility index (Phi) is 6.11. The van der Waals surface area contributed by atoms with Gasteiger partial charge in [0.15, 0.2) is 18.1 Å². The molecule has 1 aromatic heterocycles. The molecule has 2 heterocycles. The lowest BCUT2D eigenvalue weighted by Gasteiger charge is -2.23. The van der Waals surface area contributed by atoms with Crippen LogP contribution in [-0.4, -0.2) is 36.7 Å². The number of aromatic amines is 1. The minimum atomic E-state index is -0.538. The predicted molar refractivity (Wildman–Crippen MR) is 116 cm³/mol. The van der Waals surface area contributed by atoms with Gasteiger partial charge >= 0.3 is 5.97 Å². The molecule has 2 N–H and O–H groups in total. The first-order chi connectivity index (χ1) is 15.0. The van der Waals surface area contributed by atoms with Crippen LogP contribution in [0, 0.1) is 5.92 Å². The topological polar surface area (TPSA) is 89.7 Å². The van der Waals surface area contributed by atoms with Crippen molar-refractivity contribution in [1.29, 1.82) is 0 Å². The van der Waals surface area contributed by atoms with Gasteiger partial charge in [0.05, 0.1) is 24.8 Å². The molecule has 0 fully saturated rings. The minimum Gasteiger partial charge on any atom is -0.490 e. The second-order valence-corrected chi connectivity index (χ2v) is 7.87. The molecule has 3 aromatic rings. The Morgan fingerprint density at radius 3 is 2.68 bits per heavy atom. The molecule has 2 aromatic carbocycles. The van der Waals surface area contributed by atoms with Crippen molar-refractivity contribution in [3.05, 3.63) is 59.8 Å². The van der Waals surface area contributed by atoms with Crippen molar-refractivity contribution in [2.24, 2.45) is 5.92 Å². The Morgan fingerprint density at radius 1 is 1.10 bits per heavy atom. The van der Waals surface area contributed by atoms with E-state index in [1.54, 1.807) is 6.20 Å². The number of carbonyl (C=O) groups is 2. The molecule has 0 saturated heterocycles. The van der Waals surface area contributed by atoms with Gasteiger partial charge in [-0.3, -0.25) is 4.79 Å². The van der Waals surface area contributed by atoms with E-state index >= 15 is 0 Å². The molecule has 1 atom stereocenters. The van der Waals surface area contributed by atoms with E-state index in [1.165, 1.54) is 0 Å². The van der Waals surface area contributed by atoms with Gasteiger partial charge in [0.2, 0.25) is 0 Å². The lowest BCUT2D eigenvalue weighted by atomic mass is 9.95. The normalized spacial score (nSPS) is 14.2. The number of esters is 1. The van der Waals surface area contributed by atoms with Crippen LogP contribution in [0.2, 0.25) is 0 Å². The third kappa shape index (κ3) is 4.66. The molecule has 162 valence electrons. The fourth-order valence-electron chi connectivity index (χ4n) is 3.67. The highest BCUT2D eigenvalue weighted by Crippen LogP contribution is 2.34. The Morgan fingerprint density at radius 2 is 1.87 bits per heavy atom. The van der Waals surface area contributed by atoms with Crippen LogP contribution >= 0.6 is 0 Å². The molecular weight excluding hydrogens is 396 g/mol. The van der Waals surface area contributed by atoms with Gasteiger partial charge in [-0.25, -0.2) is 4.79 Å². The zero-order valence-corrected chi connectivity index (χ0v) is 17.6. The highest BCUT2D eigenvalue weighted by Gasteiger charge is 2.22. The van der Waals surface area contributed by atoms with Gasteiger partial charge in [0, 0.05) is 23.5 Å². The minimum absolute atomic E-state index is 0.123. The van der Waals surface area contributed by atoms with Crippen LogP contribution in [0.1, 0.15) is 42.2 Å². The summed E-state index contributed by atoms with van der Waals surface area (Å²) in [6, 6.07) is 12.9. The third-order valence-electron chi connectivity index (χ3n) is 5.26. The number of H-pyrrole nitrogens is 1. The maximum absolute atomic E-state index is 12.6. The predicted octanol–water partition coefficient (Wildman–Crippen LogP) is 4.00. The zero-order chi connectivity index (χ0) is 21.8. The van der Waals surface area contributed by atoms with Gasteiger partial charge in [-0.15, -0.1) is 0 Å². The molecule has 4 rings (SSSR count). The molecule has 7 heteroatoms. The van der Waals surface area contributed by atoms with Crippen molar-refractivity contribution < 1.29 is 23.8 Å². The molecule has 0 radical (unpaired) electrons. The summed E-state index contributed by atoms with van der Waals surface area (Å²) in [6.45, 7) is 4.90. The molecule has 1 amide bonds. The quantitative estimate of drug-likeness (QED) is 0.586. The summed E-state index contributed by atoms with van der Waals surface area (Å²) in [6.07, 6.45) is 2.43. The van der Waals surface area contributed by atoms with Crippen molar-refractivity contribution in [1.82, 2.24) is 10.3 Å². The lowest BCUT2D eigenvalue weighted by molar-refractivity contribution is -0.125. The van der Waals surface area contributed by atoms with E-state index in [-0.39, 0.29) is 24.5 Å². The number of aromatic nitrogens is 1. The number of benzene rings is 2. The number of rotatable bonds is 6. The zero-order valence-electron chi connectivity index (χ0n) is 17.6. The summed E-state index contributed by atoms with van der Waals surface area (Å²) < 4.78 is 16.7. The van der Waals surface area contributed by atoms with Crippen molar-refractivity contribution in [2.45, 2.75) is 26.3 Å². The van der Waals surface area contributed by atoms with Gasteiger partial charge in [0.25, 0.3) is 5.91 Å². The van der Waals surface area contributed by atoms with Crippen LogP contribution in [0.25, 0.3) is 10.9 Å². The number of hydrogen-bond donors (Lipinski definition) is 2. The van der Waals surface area contributed by atoms with Crippen molar-refractivity contribution in [2.75, 3.05) is 19.8 Å². The van der Waals surface area contributed by atoms with Crippen molar-refractivity contribution >= 4 is 22.8 Å². The molecular formula is C24H26N2O5. The number of hydrogen-bond acceptors (Lipinski definition) is 5. The fraction of sp³-hybridized carbons (Fsp3) is 0.333. The molecule has 0 aliphatic carbocycles. The van der Waals surface area contributed by atoms with E-state index in [4.69, 9.17) is 14.2 Å². The maximum Gasteiger partial charge on any atom is 0.340 e. The first-order valence-electron chi connectivity index (χ1n) is 10.4. The fourth-order valence-corrected chi connectivity index (χ4v) is 3.67. The van der Waals surface area contributed by atoms with Gasteiger partial charge < -0.3 is 24.5 Å². The van der Waals surface area contributed by atoms with Crippen LogP contribution in [0.4, 0.5) is 0 Å². The Bertz CT molecular complexity index is 1090. The molecule has 31 heavy (non-hydrogen) atoms. The number of para-hydroxylation sites is 1. The van der Waals surface area contributed by atoms with Gasteiger partial charge in [-0.05, 0) is 29.7 Å². The van der Waals surface area contributed by atoms with Crippen LogP contribution in [0.3, 0.4) is 0 Å². The summed E-state index contributed by atoms with van der Waals surface area (Å²) in [5.74, 6) is 0.615. The van der Waals surface area contributed by atoms with Crippen molar-refractivity contribution in [3.63, 3.8) is 0 Å². The Hall–Kier alpha value is -3.48. The van der Waals surface area contributed by atoms with E-state index < -0.39 is 5.97 Å². The SMILES string of the molecule is CC(C)[C@@H](NC(=O)COC(=O)c1c[nH]c2ccccc12)c1ccc2c(c1)OCCCO2. The van der Waals surface area contributed by atoms with Gasteiger partial charge in [0.1, 0.15) is 0 Å². The number of nitrogens with one attached hydrogen (secondary N) is 2. The lowest BCUT2D eigenvalue weighted by Crippen LogP contribution is -2.35. The maximum atomic E-state index is 12.6. The van der Waals surface area contributed by atoms with E-state index in [9.17, 15) is 9.59 Å². The van der Waals surface area contributed by atoms with Crippen LogP contribution in [-0.2, 0) is 9.53 Å². The summed E-state index contributed by atoms with van der Waals surface area (Å²) in [5.41, 5.74) is 2.16. The van der Waals surface area contributed by atoms with Crippen LogP contribution < -0.4 is 14.8 Å². The second kappa shape index (κ2) is 9.12. The monoisotopic (exact) mass is 422 g/mol. The van der Waals surface area contributed by atoms with Crippen LogP contribution in [0.15, 0.2) is 48.7 Å². The smallest absolute Gasteiger partial charge is 0.340 e. The van der Waals surface area contributed by atoms with E-state index in [0.29, 0.717) is 30.3 Å². The first-order valence-corrected chi connectivity index (χ1v) is 10.4. The molecule has 7 nitrogen and oxygen atoms in total. The standard InChI is InChI=1S/C24H26N2O5/c1-15(2)23(16-8-9-20-21(12-16)30-11-5-10-29-20)26-22(27)14-31-24(28)18-13-25-19-7-4-3-6-17(18)19/h3-4,6-9,12-13,15,23,25H,5,10-11,14H2,1-2H3,(H,26,27)/t23-/m1/s1. The molecule has 0 unspecified atom stereocenters. The first kappa shape index (κ1) is 20.8. The number of ether oxygens (including phenoxy) is 3. The Labute approximate surface area is 180 Å². The van der Waals surface area contributed by atoms with E-state index in [1.807, 2.05) is 56.3 Å². The largest absolute Gasteiger partial charge is 0.490 e. The average Bonchev–Trinajstić information content (AvgIpc) is 3.06. The van der Waals surface area contributed by atoms with Crippen molar-refractivity contribution in [3.8, 4) is 11.5 Å². The van der Waals surface area contributed by atoms with Gasteiger partial charge in [-0.1, -0.05) is 38.1 Å².